The van der Waals surface area contributed by atoms with E-state index in [1.165, 1.54) is 0 Å². The van der Waals surface area contributed by atoms with E-state index in [0.717, 1.165) is 4.90 Å². The van der Waals surface area contributed by atoms with Gasteiger partial charge in [-0.15, -0.1) is 0 Å². The van der Waals surface area contributed by atoms with Crippen LogP contribution in [0, 0.1) is 11.8 Å². The molecule has 4 amide bonds. The van der Waals surface area contributed by atoms with E-state index >= 15 is 0 Å². The Morgan fingerprint density at radius 2 is 2.00 bits per heavy atom. The van der Waals surface area contributed by atoms with Gasteiger partial charge in [-0.1, -0.05) is 13.8 Å². The molecule has 6 heteroatoms. The van der Waals surface area contributed by atoms with Crippen molar-refractivity contribution in [2.45, 2.75) is 27.2 Å². The molecule has 0 aromatic rings. The minimum atomic E-state index is -0.769. The van der Waals surface area contributed by atoms with Gasteiger partial charge in [-0.2, -0.15) is 0 Å². The van der Waals surface area contributed by atoms with E-state index in [2.05, 4.69) is 5.32 Å². The maximum absolute atomic E-state index is 12.1. The molecule has 1 unspecified atom stereocenters. The summed E-state index contributed by atoms with van der Waals surface area (Å²) in [5.41, 5.74) is 0. The summed E-state index contributed by atoms with van der Waals surface area (Å²) in [5.74, 6) is -1.80. The van der Waals surface area contributed by atoms with Crippen molar-refractivity contribution in [2.75, 3.05) is 19.8 Å². The van der Waals surface area contributed by atoms with Crippen LogP contribution in [0.25, 0.3) is 0 Å². The highest BCUT2D eigenvalue weighted by molar-refractivity contribution is 6.16. The molecule has 1 atom stereocenters. The third-order valence-electron chi connectivity index (χ3n) is 2.83. The number of hydrogen-bond acceptors (Lipinski definition) is 4. The van der Waals surface area contributed by atoms with Gasteiger partial charge in [-0.3, -0.25) is 19.8 Å². The molecule has 1 aliphatic rings. The van der Waals surface area contributed by atoms with Crippen molar-refractivity contribution in [1.82, 2.24) is 10.2 Å². The molecule has 18 heavy (non-hydrogen) atoms. The fourth-order valence-corrected chi connectivity index (χ4v) is 1.90. The summed E-state index contributed by atoms with van der Waals surface area (Å²) < 4.78 is 5.15. The molecule has 0 saturated carbocycles. The maximum Gasteiger partial charge on any atom is 0.330 e. The zero-order valence-corrected chi connectivity index (χ0v) is 11.1. The average Bonchev–Trinajstić information content (AvgIpc) is 2.26. The number of barbiturate groups is 1. The molecule has 6 nitrogen and oxygen atoms in total. The Bertz CT molecular complexity index is 341. The first-order valence-electron chi connectivity index (χ1n) is 6.23. The number of ether oxygens (including phenoxy) is 1. The van der Waals surface area contributed by atoms with Crippen LogP contribution in [0.5, 0.6) is 0 Å². The first-order valence-corrected chi connectivity index (χ1v) is 6.23. The van der Waals surface area contributed by atoms with Gasteiger partial charge >= 0.3 is 6.03 Å². The maximum atomic E-state index is 12.1. The predicted octanol–water partition coefficient (Wildman–Crippen LogP) is 0.764. The van der Waals surface area contributed by atoms with Gasteiger partial charge in [0.1, 0.15) is 5.92 Å². The van der Waals surface area contributed by atoms with Crippen molar-refractivity contribution in [1.29, 1.82) is 0 Å². The number of carbonyl (C=O) groups excluding carboxylic acids is 3. The fraction of sp³-hybridized carbons (Fsp3) is 0.750. The highest BCUT2D eigenvalue weighted by Crippen LogP contribution is 2.18. The van der Waals surface area contributed by atoms with Crippen molar-refractivity contribution in [3.63, 3.8) is 0 Å². The van der Waals surface area contributed by atoms with Gasteiger partial charge < -0.3 is 4.74 Å². The van der Waals surface area contributed by atoms with Crippen LogP contribution in [0.3, 0.4) is 0 Å². The molecule has 1 heterocycles. The van der Waals surface area contributed by atoms with Gasteiger partial charge in [0.05, 0.1) is 0 Å². The van der Waals surface area contributed by atoms with Crippen molar-refractivity contribution >= 4 is 17.8 Å². The third kappa shape index (κ3) is 3.29. The van der Waals surface area contributed by atoms with Crippen LogP contribution in [-0.2, 0) is 14.3 Å². The number of nitrogens with one attached hydrogen (secondary N) is 1. The van der Waals surface area contributed by atoms with E-state index in [-0.39, 0.29) is 12.5 Å². The molecule has 0 aromatic heterocycles. The van der Waals surface area contributed by atoms with E-state index in [9.17, 15) is 14.4 Å². The van der Waals surface area contributed by atoms with Crippen LogP contribution in [0.15, 0.2) is 0 Å². The summed E-state index contributed by atoms with van der Waals surface area (Å²) in [7, 11) is 0. The summed E-state index contributed by atoms with van der Waals surface area (Å²) in [6.07, 6.45) is 0.575. The number of rotatable bonds is 6. The van der Waals surface area contributed by atoms with E-state index in [1.54, 1.807) is 13.8 Å². The molecule has 0 bridgehead atoms. The predicted molar refractivity (Wildman–Crippen MR) is 64.7 cm³/mol. The highest BCUT2D eigenvalue weighted by Gasteiger charge is 2.41. The van der Waals surface area contributed by atoms with Gasteiger partial charge in [-0.05, 0) is 19.3 Å². The molecule has 102 valence electrons. The molecule has 1 rings (SSSR count). The van der Waals surface area contributed by atoms with Gasteiger partial charge in [0.15, 0.2) is 0 Å². The van der Waals surface area contributed by atoms with Crippen LogP contribution >= 0.6 is 0 Å². The van der Waals surface area contributed by atoms with Crippen molar-refractivity contribution in [3.05, 3.63) is 0 Å². The molecular weight excluding hydrogens is 236 g/mol. The SMILES string of the molecule is CCOCCCN1C(=O)NC(=O)C(C(C)C)C1=O. The second-order valence-electron chi connectivity index (χ2n) is 4.56. The van der Waals surface area contributed by atoms with Crippen molar-refractivity contribution in [3.8, 4) is 0 Å². The molecular formula is C12H20N2O4. The lowest BCUT2D eigenvalue weighted by Gasteiger charge is -2.31. The topological polar surface area (TPSA) is 75.7 Å². The first-order chi connectivity index (χ1) is 8.49. The molecule has 0 spiro atoms. The number of amides is 4. The summed E-state index contributed by atoms with van der Waals surface area (Å²) in [4.78, 5) is 36.3. The number of carbonyl (C=O) groups is 3. The van der Waals surface area contributed by atoms with Gasteiger partial charge in [0, 0.05) is 19.8 Å². The number of nitrogens with zero attached hydrogens (tertiary/aromatic N) is 1. The molecule has 0 aromatic carbocycles. The quantitative estimate of drug-likeness (QED) is 0.562. The second kappa shape index (κ2) is 6.49. The van der Waals surface area contributed by atoms with Crippen LogP contribution in [-0.4, -0.2) is 42.5 Å². The minimum Gasteiger partial charge on any atom is -0.382 e. The number of hydrogen-bond donors (Lipinski definition) is 1. The van der Waals surface area contributed by atoms with Gasteiger partial charge in [-0.25, -0.2) is 4.79 Å². The van der Waals surface area contributed by atoms with Crippen LogP contribution in [0.4, 0.5) is 4.79 Å². The van der Waals surface area contributed by atoms with Crippen LogP contribution < -0.4 is 5.32 Å². The zero-order valence-electron chi connectivity index (χ0n) is 11.1. The molecule has 0 aliphatic carbocycles. The lowest BCUT2D eigenvalue weighted by atomic mass is 9.92. The van der Waals surface area contributed by atoms with E-state index < -0.39 is 23.8 Å². The number of imide groups is 2. The largest absolute Gasteiger partial charge is 0.382 e. The van der Waals surface area contributed by atoms with Crippen molar-refractivity contribution in [2.24, 2.45) is 11.8 Å². The highest BCUT2D eigenvalue weighted by atomic mass is 16.5. The Labute approximate surface area is 107 Å². The molecule has 1 aliphatic heterocycles. The minimum absolute atomic E-state index is 0.125. The van der Waals surface area contributed by atoms with Gasteiger partial charge in [0.2, 0.25) is 11.8 Å². The Morgan fingerprint density at radius 1 is 1.33 bits per heavy atom. The van der Waals surface area contributed by atoms with E-state index in [0.29, 0.717) is 19.6 Å². The van der Waals surface area contributed by atoms with Crippen LogP contribution in [0.2, 0.25) is 0 Å². The van der Waals surface area contributed by atoms with Crippen molar-refractivity contribution < 1.29 is 19.1 Å². The summed E-state index contributed by atoms with van der Waals surface area (Å²) in [5, 5.41) is 2.22. The summed E-state index contributed by atoms with van der Waals surface area (Å²) >= 11 is 0. The molecule has 1 fully saturated rings. The Kier molecular flexibility index (Phi) is 5.27. The second-order valence-corrected chi connectivity index (χ2v) is 4.56. The average molecular weight is 256 g/mol. The summed E-state index contributed by atoms with van der Waals surface area (Å²) in [6, 6.07) is -0.626. The first kappa shape index (κ1) is 14.6. The molecule has 1 saturated heterocycles. The summed E-state index contributed by atoms with van der Waals surface area (Å²) in [6.45, 7) is 6.83. The van der Waals surface area contributed by atoms with E-state index in [1.807, 2.05) is 6.92 Å². The Hall–Kier alpha value is -1.43. The lowest BCUT2D eigenvalue weighted by Crippen LogP contribution is -2.59. The number of urea groups is 1. The molecule has 1 N–H and O–H groups in total. The molecule has 0 radical (unpaired) electrons. The van der Waals surface area contributed by atoms with Gasteiger partial charge in [0.25, 0.3) is 0 Å². The normalized spacial score (nSPS) is 20.6. The lowest BCUT2D eigenvalue weighted by molar-refractivity contribution is -0.144. The smallest absolute Gasteiger partial charge is 0.330 e. The zero-order chi connectivity index (χ0) is 13.7. The third-order valence-corrected chi connectivity index (χ3v) is 2.83. The van der Waals surface area contributed by atoms with E-state index in [4.69, 9.17) is 4.74 Å². The monoisotopic (exact) mass is 256 g/mol. The van der Waals surface area contributed by atoms with Crippen LogP contribution in [0.1, 0.15) is 27.2 Å². The standard InChI is InChI=1S/C12H20N2O4/c1-4-18-7-5-6-14-11(16)9(8(2)3)10(15)13-12(14)17/h8-9H,4-7H2,1-3H3,(H,13,15,17). The Morgan fingerprint density at radius 3 is 2.56 bits per heavy atom. The fourth-order valence-electron chi connectivity index (χ4n) is 1.90. The Balaban J connectivity index is 2.63.